The molecule has 0 bridgehead atoms. The first-order chi connectivity index (χ1) is 19.3. The monoisotopic (exact) mass is 579 g/mol. The molecule has 7 nitrogen and oxygen atoms in total. The average molecular weight is 580 g/mol. The first kappa shape index (κ1) is 29.9. The Bertz CT molecular complexity index is 1250. The van der Waals surface area contributed by atoms with Crippen LogP contribution >= 0.6 is 11.8 Å². The molecule has 1 unspecified atom stereocenters. The third kappa shape index (κ3) is 5.05. The van der Waals surface area contributed by atoms with E-state index >= 15 is 0 Å². The highest BCUT2D eigenvalue weighted by Gasteiger charge is 2.74. The molecule has 0 aliphatic carbocycles. The smallest absolute Gasteiger partial charge is 0.247 e. The van der Waals surface area contributed by atoms with Gasteiger partial charge in [0.15, 0.2) is 0 Å². The molecular formula is C33H45N3O4S. The Hall–Kier alpha value is -2.58. The highest BCUT2D eigenvalue weighted by molar-refractivity contribution is 8.02. The summed E-state index contributed by atoms with van der Waals surface area (Å²) >= 11 is 1.62. The molecule has 0 saturated carbocycles. The van der Waals surface area contributed by atoms with Gasteiger partial charge in [0.2, 0.25) is 17.7 Å². The van der Waals surface area contributed by atoms with Crippen LogP contribution in [0.15, 0.2) is 54.6 Å². The second-order valence-corrected chi connectivity index (χ2v) is 15.8. The molecule has 2 saturated heterocycles. The van der Waals surface area contributed by atoms with Gasteiger partial charge in [0.1, 0.15) is 6.04 Å². The zero-order chi connectivity index (χ0) is 29.8. The maximum Gasteiger partial charge on any atom is 0.247 e. The maximum atomic E-state index is 14.7. The van der Waals surface area contributed by atoms with Gasteiger partial charge in [-0.25, -0.2) is 0 Å². The van der Waals surface area contributed by atoms with Crippen LogP contribution in [0.1, 0.15) is 60.8 Å². The Balaban J connectivity index is 1.61. The van der Waals surface area contributed by atoms with Crippen LogP contribution < -0.4 is 4.90 Å². The lowest BCUT2D eigenvalue weighted by Crippen LogP contribution is -2.58. The van der Waals surface area contributed by atoms with E-state index in [2.05, 4.69) is 59.8 Å². The predicted octanol–water partition coefficient (Wildman–Crippen LogP) is 4.66. The van der Waals surface area contributed by atoms with E-state index in [0.29, 0.717) is 32.5 Å². The molecule has 4 heterocycles. The number of carbonyl (C=O) groups excluding carboxylic acids is 3. The zero-order valence-corrected chi connectivity index (χ0v) is 26.1. The fourth-order valence-corrected chi connectivity index (χ4v) is 10.1. The molecule has 8 heteroatoms. The minimum absolute atomic E-state index is 0.00716. The van der Waals surface area contributed by atoms with E-state index in [4.69, 9.17) is 0 Å². The molecule has 3 amide bonds. The van der Waals surface area contributed by atoms with Gasteiger partial charge >= 0.3 is 0 Å². The van der Waals surface area contributed by atoms with E-state index in [1.54, 1.807) is 21.6 Å². The predicted molar refractivity (Wildman–Crippen MR) is 164 cm³/mol. The van der Waals surface area contributed by atoms with Crippen molar-refractivity contribution in [2.45, 2.75) is 81.9 Å². The number of amides is 3. The molecule has 2 fully saturated rings. The molecule has 1 aromatic carbocycles. The molecule has 1 spiro atoms. The largest absolute Gasteiger partial charge is 0.396 e. The number of carbonyl (C=O) groups is 3. The van der Waals surface area contributed by atoms with Gasteiger partial charge in [-0.15, -0.1) is 11.8 Å². The van der Waals surface area contributed by atoms with Crippen molar-refractivity contribution in [1.82, 2.24) is 9.80 Å². The normalized spacial score (nSPS) is 31.7. The number of hydrogen-bond acceptors (Lipinski definition) is 5. The van der Waals surface area contributed by atoms with Gasteiger partial charge in [0.05, 0.1) is 16.6 Å². The van der Waals surface area contributed by atoms with Crippen molar-refractivity contribution < 1.29 is 19.5 Å². The Kier molecular flexibility index (Phi) is 7.73. The quantitative estimate of drug-likeness (QED) is 0.375. The van der Waals surface area contributed by atoms with Crippen LogP contribution in [0.2, 0.25) is 0 Å². The van der Waals surface area contributed by atoms with E-state index in [0.717, 1.165) is 12.1 Å². The molecule has 222 valence electrons. The Morgan fingerprint density at radius 3 is 2.24 bits per heavy atom. The number of aliphatic hydroxyl groups excluding tert-OH is 1. The number of nitrogens with zero attached hydrogens (tertiary/aromatic N) is 3. The summed E-state index contributed by atoms with van der Waals surface area (Å²) in [5, 5.41) is 9.49. The number of fused-ring (bicyclic) bond motifs is 2. The van der Waals surface area contributed by atoms with Crippen LogP contribution in [0, 0.1) is 17.3 Å². The number of benzene rings is 1. The van der Waals surface area contributed by atoms with Crippen molar-refractivity contribution in [2.24, 2.45) is 17.3 Å². The number of unbranched alkanes of at least 4 members (excludes halogenated alkanes) is 1. The summed E-state index contributed by atoms with van der Waals surface area (Å²) in [5.41, 5.74) is 0.384. The number of thioether (sulfide) groups is 1. The van der Waals surface area contributed by atoms with Crippen molar-refractivity contribution in [3.8, 4) is 0 Å². The fraction of sp³-hybridized carbons (Fsp3) is 0.606. The number of aliphatic hydroxyl groups is 1. The highest BCUT2D eigenvalue weighted by Crippen LogP contribution is 2.65. The molecule has 5 atom stereocenters. The first-order valence-corrected chi connectivity index (χ1v) is 15.7. The average Bonchev–Trinajstić information content (AvgIpc) is 3.14. The molecule has 1 N–H and O–H groups in total. The van der Waals surface area contributed by atoms with Crippen molar-refractivity contribution >= 4 is 35.2 Å². The second-order valence-electron chi connectivity index (χ2n) is 14.0. The topological polar surface area (TPSA) is 81.2 Å². The van der Waals surface area contributed by atoms with E-state index in [1.807, 2.05) is 41.3 Å². The molecular weight excluding hydrogens is 534 g/mol. The summed E-state index contributed by atoms with van der Waals surface area (Å²) in [7, 11) is 0. The van der Waals surface area contributed by atoms with Crippen LogP contribution in [-0.2, 0) is 14.4 Å². The van der Waals surface area contributed by atoms with Crippen LogP contribution in [-0.4, -0.2) is 79.9 Å². The molecule has 4 aliphatic rings. The van der Waals surface area contributed by atoms with Gasteiger partial charge in [-0.1, -0.05) is 63.3 Å². The van der Waals surface area contributed by atoms with Gasteiger partial charge in [-0.05, 0) is 57.6 Å². The Labute approximate surface area is 249 Å². The minimum atomic E-state index is -0.862. The van der Waals surface area contributed by atoms with E-state index < -0.39 is 32.9 Å². The van der Waals surface area contributed by atoms with E-state index in [1.165, 1.54) is 0 Å². The van der Waals surface area contributed by atoms with Crippen molar-refractivity contribution in [2.75, 3.05) is 31.1 Å². The highest BCUT2D eigenvalue weighted by atomic mass is 32.2. The van der Waals surface area contributed by atoms with Crippen LogP contribution in [0.25, 0.3) is 0 Å². The molecule has 0 radical (unpaired) electrons. The van der Waals surface area contributed by atoms with Crippen LogP contribution in [0.3, 0.4) is 0 Å². The molecule has 4 aliphatic heterocycles. The van der Waals surface area contributed by atoms with Crippen LogP contribution in [0.5, 0.6) is 0 Å². The van der Waals surface area contributed by atoms with Gasteiger partial charge < -0.3 is 19.8 Å². The van der Waals surface area contributed by atoms with Crippen molar-refractivity contribution in [3.05, 3.63) is 54.6 Å². The lowest BCUT2D eigenvalue weighted by Gasteiger charge is -2.44. The summed E-state index contributed by atoms with van der Waals surface area (Å²) in [6.07, 6.45) is 10.2. The summed E-state index contributed by atoms with van der Waals surface area (Å²) < 4.78 is -1.50. The number of hydrogen-bond donors (Lipinski definition) is 1. The maximum absolute atomic E-state index is 14.7. The minimum Gasteiger partial charge on any atom is -0.396 e. The fourth-order valence-electron chi connectivity index (χ4n) is 7.93. The van der Waals surface area contributed by atoms with Crippen molar-refractivity contribution in [1.29, 1.82) is 0 Å². The van der Waals surface area contributed by atoms with Gasteiger partial charge in [0.25, 0.3) is 0 Å². The number of para-hydroxylation sites is 1. The summed E-state index contributed by atoms with van der Waals surface area (Å²) in [6.45, 7) is 14.2. The number of likely N-dealkylation sites (tertiary alicyclic amines) is 1. The van der Waals surface area contributed by atoms with E-state index in [9.17, 15) is 19.5 Å². The van der Waals surface area contributed by atoms with Gasteiger partial charge in [0, 0.05) is 42.2 Å². The zero-order valence-electron chi connectivity index (χ0n) is 25.3. The first-order valence-electron chi connectivity index (χ1n) is 14.9. The van der Waals surface area contributed by atoms with Gasteiger partial charge in [-0.2, -0.15) is 0 Å². The Morgan fingerprint density at radius 2 is 1.59 bits per heavy atom. The molecule has 0 aromatic heterocycles. The third-order valence-corrected chi connectivity index (χ3v) is 10.9. The molecule has 5 rings (SSSR count). The second kappa shape index (κ2) is 10.6. The summed E-state index contributed by atoms with van der Waals surface area (Å²) in [4.78, 5) is 49.2. The summed E-state index contributed by atoms with van der Waals surface area (Å²) in [6, 6.07) is 8.91. The third-order valence-electron chi connectivity index (χ3n) is 9.13. The number of rotatable bonds is 7. The van der Waals surface area contributed by atoms with Crippen LogP contribution in [0.4, 0.5) is 5.69 Å². The summed E-state index contributed by atoms with van der Waals surface area (Å²) in [5.74, 6) is -1.52. The van der Waals surface area contributed by atoms with Crippen molar-refractivity contribution in [3.63, 3.8) is 0 Å². The lowest BCUT2D eigenvalue weighted by atomic mass is 9.74. The number of anilines is 1. The van der Waals surface area contributed by atoms with Gasteiger partial charge in [-0.3, -0.25) is 14.4 Å². The SMILES string of the molecule is CC(C)(C)CC(C)(C)N1CC=C[C@]23S[C@@]4(C)C=CCN(c5ccccc5)C(=O)[C@H]4[C@H]2C(=O)N(CCCCO)C3C1=O. The van der Waals surface area contributed by atoms with E-state index in [-0.39, 0.29) is 29.7 Å². The Morgan fingerprint density at radius 1 is 0.902 bits per heavy atom. The standard InChI is InChI=1S/C33H45N3O4S/c1-30(2,3)22-31(4,5)36-20-13-17-33-25(28(39)35(18-10-11-21-37)26(33)29(36)40)24-27(38)34(23-14-8-7-9-15-23)19-12-16-32(24,6)41-33/h7-9,12-17,24-26,37H,10-11,18-22H2,1-6H3/t24-,25+,26?,32+,33+/m1/s1. The molecule has 41 heavy (non-hydrogen) atoms. The lowest BCUT2D eigenvalue weighted by molar-refractivity contribution is -0.146. The molecule has 1 aromatic rings.